The van der Waals surface area contributed by atoms with Crippen LogP contribution < -0.4 is 19.5 Å². The van der Waals surface area contributed by atoms with Crippen LogP contribution in [0.5, 0.6) is 17.2 Å². The lowest BCUT2D eigenvalue weighted by Crippen LogP contribution is -2.51. The second kappa shape index (κ2) is 12.2. The average molecular weight is 627 g/mol. The summed E-state index contributed by atoms with van der Waals surface area (Å²) in [5.74, 6) is -1.15. The topological polar surface area (TPSA) is 110 Å². The number of amides is 1. The van der Waals surface area contributed by atoms with Crippen molar-refractivity contribution < 1.29 is 46.8 Å². The highest BCUT2D eigenvalue weighted by Crippen LogP contribution is 2.47. The van der Waals surface area contributed by atoms with Crippen LogP contribution in [0, 0.1) is 5.82 Å². The quantitative estimate of drug-likeness (QED) is 0.267. The lowest BCUT2D eigenvalue weighted by Gasteiger charge is -2.36. The number of hydrogen-bond donors (Lipinski definition) is 3. The van der Waals surface area contributed by atoms with Gasteiger partial charge in [-0.1, -0.05) is 25.4 Å². The molecule has 3 aromatic rings. The molecule has 1 aromatic heterocycles. The van der Waals surface area contributed by atoms with Crippen LogP contribution in [0.25, 0.3) is 11.3 Å². The fourth-order valence-electron chi connectivity index (χ4n) is 4.56. The molecule has 1 aliphatic heterocycles. The first-order chi connectivity index (χ1) is 20.1. The average Bonchev–Trinajstić information content (AvgIpc) is 2.94. The molecule has 0 fully saturated rings. The second-order valence-corrected chi connectivity index (χ2v) is 11.3. The van der Waals surface area contributed by atoms with Gasteiger partial charge in [-0.2, -0.15) is 13.2 Å². The van der Waals surface area contributed by atoms with Crippen molar-refractivity contribution in [2.75, 3.05) is 26.9 Å². The number of halogens is 5. The lowest BCUT2D eigenvalue weighted by molar-refractivity contribution is -0.265. The van der Waals surface area contributed by atoms with E-state index in [4.69, 9.17) is 25.8 Å². The number of fused-ring (bicyclic) bond motifs is 1. The number of aromatic nitrogens is 1. The summed E-state index contributed by atoms with van der Waals surface area (Å²) >= 11 is 5.96. The van der Waals surface area contributed by atoms with Gasteiger partial charge in [0.25, 0.3) is 5.91 Å². The van der Waals surface area contributed by atoms with Crippen LogP contribution in [0.3, 0.4) is 0 Å². The molecule has 13 heteroatoms. The number of nitrogens with zero attached hydrogens (tertiary/aromatic N) is 1. The van der Waals surface area contributed by atoms with Crippen molar-refractivity contribution in [3.05, 3.63) is 70.1 Å². The first-order valence-electron chi connectivity index (χ1n) is 13.3. The number of alkyl halides is 3. The van der Waals surface area contributed by atoms with Crippen molar-refractivity contribution in [2.24, 2.45) is 0 Å². The maximum Gasteiger partial charge on any atom is 0.424 e. The zero-order chi connectivity index (χ0) is 31.7. The summed E-state index contributed by atoms with van der Waals surface area (Å²) < 4.78 is 74.3. The molecule has 3 N–H and O–H groups in total. The fourth-order valence-corrected chi connectivity index (χ4v) is 4.74. The molecule has 2 unspecified atom stereocenters. The lowest BCUT2D eigenvalue weighted by atomic mass is 9.78. The molecule has 0 bridgehead atoms. The first kappa shape index (κ1) is 32.3. The third-order valence-electron chi connectivity index (χ3n) is 7.17. The number of carbonyl (C=O) groups is 1. The number of benzene rings is 2. The molecule has 0 radical (unpaired) electrons. The minimum Gasteiger partial charge on any atom is -0.493 e. The molecule has 1 amide bonds. The zero-order valence-corrected chi connectivity index (χ0v) is 24.6. The van der Waals surface area contributed by atoms with E-state index in [1.807, 2.05) is 13.8 Å². The Kier molecular flexibility index (Phi) is 9.15. The summed E-state index contributed by atoms with van der Waals surface area (Å²) in [7, 11) is 1.31. The van der Waals surface area contributed by atoms with Crippen LogP contribution in [-0.4, -0.2) is 60.3 Å². The molecule has 0 aliphatic carbocycles. The van der Waals surface area contributed by atoms with Gasteiger partial charge in [-0.25, -0.2) is 9.37 Å². The van der Waals surface area contributed by atoms with Crippen LogP contribution in [0.1, 0.15) is 48.8 Å². The van der Waals surface area contributed by atoms with E-state index in [0.29, 0.717) is 12.0 Å². The number of nitrogens with one attached hydrogen (secondary N) is 1. The molecule has 0 saturated carbocycles. The summed E-state index contributed by atoms with van der Waals surface area (Å²) in [6, 6.07) is 8.62. The Morgan fingerprint density at radius 2 is 1.91 bits per heavy atom. The summed E-state index contributed by atoms with van der Waals surface area (Å²) in [5, 5.41) is 22.6. The number of ether oxygens (including phenoxy) is 3. The Morgan fingerprint density at radius 3 is 2.53 bits per heavy atom. The van der Waals surface area contributed by atoms with Crippen molar-refractivity contribution in [3.8, 4) is 28.5 Å². The van der Waals surface area contributed by atoms with Crippen LogP contribution in [0.4, 0.5) is 17.6 Å². The smallest absolute Gasteiger partial charge is 0.424 e. The Balaban J connectivity index is 1.74. The standard InChI is InChI=1S/C30H31ClF4N2O6/c1-16(38)14-43-22-8-6-18(12-23(22)41-4)27(39)36-15-29(40,30(33,34)35)24-13-19-26(42-10-9-28(19,2)3)25(37-24)17-5-7-21(32)20(31)11-17/h5-8,11-13,16,38,40H,9-10,14-15H2,1-4H3,(H,36,39). The van der Waals surface area contributed by atoms with Gasteiger partial charge in [0, 0.05) is 16.7 Å². The minimum atomic E-state index is -5.28. The van der Waals surface area contributed by atoms with E-state index in [0.717, 1.165) is 12.1 Å². The van der Waals surface area contributed by atoms with Gasteiger partial charge in [0.15, 0.2) is 11.5 Å². The molecule has 0 saturated heterocycles. The predicted octanol–water partition coefficient (Wildman–Crippen LogP) is 5.55. The summed E-state index contributed by atoms with van der Waals surface area (Å²) in [6.07, 6.45) is -5.59. The third-order valence-corrected chi connectivity index (χ3v) is 7.46. The number of hydrogen-bond acceptors (Lipinski definition) is 7. The molecule has 8 nitrogen and oxygen atoms in total. The Morgan fingerprint density at radius 1 is 1.19 bits per heavy atom. The van der Waals surface area contributed by atoms with Gasteiger partial charge < -0.3 is 29.7 Å². The fraction of sp³-hybridized carbons (Fsp3) is 0.400. The van der Waals surface area contributed by atoms with Crippen molar-refractivity contribution >= 4 is 17.5 Å². The normalized spacial score (nSPS) is 16.3. The maximum atomic E-state index is 14.6. The molecule has 1 aliphatic rings. The number of pyridine rings is 1. The largest absolute Gasteiger partial charge is 0.493 e. The Hall–Kier alpha value is -3.61. The van der Waals surface area contributed by atoms with Crippen molar-refractivity contribution in [3.63, 3.8) is 0 Å². The predicted molar refractivity (Wildman–Crippen MR) is 150 cm³/mol. The van der Waals surface area contributed by atoms with Gasteiger partial charge in [-0.3, -0.25) is 4.79 Å². The maximum absolute atomic E-state index is 14.6. The number of carbonyl (C=O) groups excluding carboxylic acids is 1. The van der Waals surface area contributed by atoms with E-state index in [9.17, 15) is 32.6 Å². The summed E-state index contributed by atoms with van der Waals surface area (Å²) in [5.41, 5.74) is -4.69. The number of rotatable bonds is 9. The second-order valence-electron chi connectivity index (χ2n) is 10.9. The van der Waals surface area contributed by atoms with Crippen molar-refractivity contribution in [1.82, 2.24) is 10.3 Å². The van der Waals surface area contributed by atoms with Gasteiger partial charge in [0.05, 0.1) is 37.1 Å². The van der Waals surface area contributed by atoms with E-state index < -0.39 is 47.3 Å². The Labute approximate surface area is 250 Å². The molecule has 2 atom stereocenters. The molecule has 4 rings (SSSR count). The minimum absolute atomic E-state index is 0.0533. The number of methoxy groups -OCH3 is 1. The molecule has 0 spiro atoms. The van der Waals surface area contributed by atoms with E-state index in [1.165, 1.54) is 44.4 Å². The molecule has 2 heterocycles. The molecular weight excluding hydrogens is 596 g/mol. The first-order valence-corrected chi connectivity index (χ1v) is 13.7. The van der Waals surface area contributed by atoms with Gasteiger partial charge in [-0.15, -0.1) is 0 Å². The monoisotopic (exact) mass is 626 g/mol. The number of aliphatic hydroxyl groups is 2. The van der Waals surface area contributed by atoms with Gasteiger partial charge in [0.2, 0.25) is 5.60 Å². The third kappa shape index (κ3) is 6.66. The highest BCUT2D eigenvalue weighted by molar-refractivity contribution is 6.31. The highest BCUT2D eigenvalue weighted by Gasteiger charge is 2.57. The van der Waals surface area contributed by atoms with Gasteiger partial charge in [-0.05, 0) is 61.2 Å². The van der Waals surface area contributed by atoms with Gasteiger partial charge >= 0.3 is 6.18 Å². The van der Waals surface area contributed by atoms with Crippen LogP contribution in [0.2, 0.25) is 5.02 Å². The highest BCUT2D eigenvalue weighted by atomic mass is 35.5. The number of aliphatic hydroxyl groups excluding tert-OH is 1. The molecule has 232 valence electrons. The molecule has 2 aromatic carbocycles. The summed E-state index contributed by atoms with van der Waals surface area (Å²) in [6.45, 7) is 4.07. The van der Waals surface area contributed by atoms with E-state index >= 15 is 0 Å². The van der Waals surface area contributed by atoms with Crippen molar-refractivity contribution in [2.45, 2.75) is 50.5 Å². The molecular formula is C30H31ClF4N2O6. The van der Waals surface area contributed by atoms with Crippen LogP contribution >= 0.6 is 11.6 Å². The SMILES string of the molecule is COc1cc(C(=O)NCC(O)(c2cc3c(c(-c4ccc(F)c(Cl)c4)n2)OCCC3(C)C)C(F)(F)F)ccc1OCC(C)O. The summed E-state index contributed by atoms with van der Waals surface area (Å²) in [4.78, 5) is 17.1. The van der Waals surface area contributed by atoms with Crippen LogP contribution in [-0.2, 0) is 11.0 Å². The Bertz CT molecular complexity index is 1510. The van der Waals surface area contributed by atoms with E-state index in [-0.39, 0.29) is 52.3 Å². The molecule has 43 heavy (non-hydrogen) atoms. The zero-order valence-electron chi connectivity index (χ0n) is 23.8. The van der Waals surface area contributed by atoms with E-state index in [2.05, 4.69) is 10.3 Å². The van der Waals surface area contributed by atoms with Gasteiger partial charge in [0.1, 0.15) is 23.9 Å². The van der Waals surface area contributed by atoms with Crippen molar-refractivity contribution in [1.29, 1.82) is 0 Å². The van der Waals surface area contributed by atoms with Crippen LogP contribution in [0.15, 0.2) is 42.5 Å². The van der Waals surface area contributed by atoms with E-state index in [1.54, 1.807) is 0 Å².